The maximum atomic E-state index is 10.1. The molecule has 1 rings (SSSR count). The molecule has 4 nitrogen and oxygen atoms in total. The van der Waals surface area contributed by atoms with Crippen molar-refractivity contribution in [2.75, 3.05) is 0 Å². The molecule has 0 N–H and O–H groups in total. The molecule has 0 saturated carbocycles. The van der Waals surface area contributed by atoms with Crippen LogP contribution >= 0.6 is 0 Å². The van der Waals surface area contributed by atoms with Crippen LogP contribution in [0.25, 0.3) is 0 Å². The summed E-state index contributed by atoms with van der Waals surface area (Å²) in [6.07, 6.45) is 9.39. The molecule has 4 heteroatoms. The quantitative estimate of drug-likeness (QED) is 0.402. The van der Waals surface area contributed by atoms with Crippen LogP contribution in [0, 0.1) is 10.1 Å². The van der Waals surface area contributed by atoms with Gasteiger partial charge in [-0.05, 0) is 12.2 Å². The molecule has 0 aromatic carbocycles. The lowest BCUT2D eigenvalue weighted by atomic mass is 10.5. The number of nitro groups is 1. The van der Waals surface area contributed by atoms with Gasteiger partial charge in [0.15, 0.2) is 5.03 Å². The van der Waals surface area contributed by atoms with Crippen molar-refractivity contribution in [3.63, 3.8) is 0 Å². The van der Waals surface area contributed by atoms with Gasteiger partial charge in [-0.15, -0.1) is 0 Å². The molecule has 52 valence electrons. The molecule has 1 heterocycles. The van der Waals surface area contributed by atoms with E-state index >= 15 is 0 Å². The highest BCUT2D eigenvalue weighted by atomic mass is 16.7. The average Bonchev–Trinajstić information content (AvgIpc) is 2.12. The van der Waals surface area contributed by atoms with E-state index in [-0.39, 0.29) is 0 Å². The van der Waals surface area contributed by atoms with E-state index in [1.54, 1.807) is 24.3 Å². The molecule has 1 aliphatic heterocycles. The maximum Gasteiger partial charge on any atom is 0.169 e. The molecule has 0 atom stereocenters. The van der Waals surface area contributed by atoms with Crippen LogP contribution < -0.4 is 0 Å². The average molecular weight is 138 g/mol. The normalized spacial score (nSPS) is 15.4. The fourth-order valence-electron chi connectivity index (χ4n) is 0.563. The van der Waals surface area contributed by atoms with Crippen molar-refractivity contribution < 1.29 is 5.03 Å². The molecule has 0 spiro atoms. The van der Waals surface area contributed by atoms with Crippen molar-refractivity contribution in [3.05, 3.63) is 46.8 Å². The van der Waals surface area contributed by atoms with Gasteiger partial charge in [-0.1, -0.05) is 17.2 Å². The molecular formula is C6H6N2O2. The number of nitrogens with zero attached hydrogens (tertiary/aromatic N) is 2. The zero-order valence-electron chi connectivity index (χ0n) is 5.18. The Kier molecular flexibility index (Phi) is 1.84. The van der Waals surface area contributed by atoms with E-state index in [4.69, 9.17) is 0 Å². The Hall–Kier alpha value is -1.58. The van der Waals surface area contributed by atoms with E-state index in [1.807, 2.05) is 0 Å². The van der Waals surface area contributed by atoms with Crippen molar-refractivity contribution in [3.8, 4) is 0 Å². The van der Waals surface area contributed by atoms with Gasteiger partial charge in [0.05, 0.1) is 12.4 Å². The molecule has 0 fully saturated rings. The molecule has 0 saturated heterocycles. The lowest BCUT2D eigenvalue weighted by Crippen LogP contribution is -2.16. The summed E-state index contributed by atoms with van der Waals surface area (Å²) in [7, 11) is 0. The number of hydrogen-bond donors (Lipinski definition) is 0. The standard InChI is InChI=1S/C6H6N2O2/c9-8(10)7-5-3-1-2-4-6-7/h1-6H. The Bertz CT molecular complexity index is 202. The van der Waals surface area contributed by atoms with Crippen LogP contribution in [0.15, 0.2) is 36.7 Å². The molecule has 0 bridgehead atoms. The van der Waals surface area contributed by atoms with Crippen molar-refractivity contribution in [1.82, 2.24) is 5.01 Å². The Morgan fingerprint density at radius 1 is 1.10 bits per heavy atom. The summed E-state index contributed by atoms with van der Waals surface area (Å²) in [5, 5.41) is 10.5. The largest absolute Gasteiger partial charge is 0.234 e. The zero-order valence-corrected chi connectivity index (χ0v) is 5.18. The molecule has 0 aromatic heterocycles. The van der Waals surface area contributed by atoms with Crippen molar-refractivity contribution in [2.24, 2.45) is 0 Å². The van der Waals surface area contributed by atoms with Gasteiger partial charge in [0.2, 0.25) is 0 Å². The predicted molar refractivity (Wildman–Crippen MR) is 36.3 cm³/mol. The van der Waals surface area contributed by atoms with E-state index < -0.39 is 5.03 Å². The smallest absolute Gasteiger partial charge is 0.169 e. The number of hydrazine groups is 1. The topological polar surface area (TPSA) is 46.4 Å². The second-order valence-corrected chi connectivity index (χ2v) is 1.69. The minimum absolute atomic E-state index is 0.500. The summed E-state index contributed by atoms with van der Waals surface area (Å²) >= 11 is 0. The summed E-state index contributed by atoms with van der Waals surface area (Å²) in [5.74, 6) is 0. The summed E-state index contributed by atoms with van der Waals surface area (Å²) in [6.45, 7) is 0. The highest BCUT2D eigenvalue weighted by molar-refractivity contribution is 5.14. The lowest BCUT2D eigenvalue weighted by molar-refractivity contribution is -0.624. The Morgan fingerprint density at radius 2 is 1.60 bits per heavy atom. The Balaban J connectivity index is 2.72. The van der Waals surface area contributed by atoms with Gasteiger partial charge >= 0.3 is 0 Å². The van der Waals surface area contributed by atoms with E-state index in [0.717, 1.165) is 5.01 Å². The summed E-state index contributed by atoms with van der Waals surface area (Å²) in [6, 6.07) is 0. The zero-order chi connectivity index (χ0) is 7.40. The van der Waals surface area contributed by atoms with Crippen molar-refractivity contribution in [2.45, 2.75) is 0 Å². The molecule has 0 unspecified atom stereocenters. The number of allylic oxidation sites excluding steroid dienone is 4. The third kappa shape index (κ3) is 1.45. The van der Waals surface area contributed by atoms with Gasteiger partial charge in [0, 0.05) is 0 Å². The summed E-state index contributed by atoms with van der Waals surface area (Å²) in [4.78, 5) is 10.1. The van der Waals surface area contributed by atoms with Crippen LogP contribution in [-0.4, -0.2) is 10.0 Å². The summed E-state index contributed by atoms with van der Waals surface area (Å²) in [5.41, 5.74) is 0. The van der Waals surface area contributed by atoms with Gasteiger partial charge < -0.3 is 0 Å². The van der Waals surface area contributed by atoms with Gasteiger partial charge in [0.1, 0.15) is 0 Å². The van der Waals surface area contributed by atoms with Gasteiger partial charge in [-0.2, -0.15) is 0 Å². The molecule has 1 aliphatic rings. The Labute approximate surface area is 57.9 Å². The van der Waals surface area contributed by atoms with E-state index in [0.29, 0.717) is 0 Å². The molecular weight excluding hydrogens is 132 g/mol. The van der Waals surface area contributed by atoms with Gasteiger partial charge in [-0.3, -0.25) is 0 Å². The highest BCUT2D eigenvalue weighted by Gasteiger charge is 2.03. The third-order valence-corrected chi connectivity index (χ3v) is 0.999. The molecule has 0 aromatic rings. The highest BCUT2D eigenvalue weighted by Crippen LogP contribution is 1.96. The van der Waals surface area contributed by atoms with E-state index in [1.165, 1.54) is 12.4 Å². The molecule has 0 radical (unpaired) electrons. The molecule has 0 amide bonds. The fraction of sp³-hybridized carbons (Fsp3) is 0. The van der Waals surface area contributed by atoms with Crippen molar-refractivity contribution in [1.29, 1.82) is 0 Å². The minimum atomic E-state index is -0.500. The van der Waals surface area contributed by atoms with Crippen LogP contribution in [0.1, 0.15) is 0 Å². The monoisotopic (exact) mass is 138 g/mol. The van der Waals surface area contributed by atoms with Crippen LogP contribution in [0.5, 0.6) is 0 Å². The first kappa shape index (κ1) is 6.54. The minimum Gasteiger partial charge on any atom is -0.234 e. The fourth-order valence-corrected chi connectivity index (χ4v) is 0.563. The van der Waals surface area contributed by atoms with Gasteiger partial charge in [-0.25, -0.2) is 10.1 Å². The van der Waals surface area contributed by atoms with Crippen molar-refractivity contribution >= 4 is 0 Å². The first-order valence-electron chi connectivity index (χ1n) is 2.75. The van der Waals surface area contributed by atoms with E-state index in [2.05, 4.69) is 0 Å². The summed E-state index contributed by atoms with van der Waals surface area (Å²) < 4.78 is 0. The second kappa shape index (κ2) is 2.82. The Morgan fingerprint density at radius 3 is 2.00 bits per heavy atom. The first-order chi connectivity index (χ1) is 4.80. The lowest BCUT2D eigenvalue weighted by Gasteiger charge is -1.99. The SMILES string of the molecule is O=[N+]([O-])N1C=CC=CC=C1. The predicted octanol–water partition coefficient (Wildman–Crippen LogP) is 1.08. The number of hydrogen-bond acceptors (Lipinski definition) is 2. The second-order valence-electron chi connectivity index (χ2n) is 1.69. The van der Waals surface area contributed by atoms with Gasteiger partial charge in [0.25, 0.3) is 0 Å². The van der Waals surface area contributed by atoms with Crippen LogP contribution in [0.3, 0.4) is 0 Å². The van der Waals surface area contributed by atoms with Crippen LogP contribution in [-0.2, 0) is 0 Å². The first-order valence-corrected chi connectivity index (χ1v) is 2.75. The molecule has 10 heavy (non-hydrogen) atoms. The van der Waals surface area contributed by atoms with Crippen LogP contribution in [0.4, 0.5) is 0 Å². The van der Waals surface area contributed by atoms with E-state index in [9.17, 15) is 10.1 Å². The third-order valence-electron chi connectivity index (χ3n) is 0.999. The maximum absolute atomic E-state index is 10.1. The number of rotatable bonds is 1. The molecule has 0 aliphatic carbocycles. The van der Waals surface area contributed by atoms with Crippen LogP contribution in [0.2, 0.25) is 0 Å².